The number of nitrogens with two attached hydrogens (primary N) is 1. The second-order valence-corrected chi connectivity index (χ2v) is 6.05. The average molecular weight is 295 g/mol. The fourth-order valence-corrected chi connectivity index (χ4v) is 3.51. The zero-order valence-corrected chi connectivity index (χ0v) is 13.2. The van der Waals surface area contributed by atoms with E-state index in [0.29, 0.717) is 12.0 Å². The van der Waals surface area contributed by atoms with Crippen molar-refractivity contribution in [1.29, 1.82) is 0 Å². The summed E-state index contributed by atoms with van der Waals surface area (Å²) in [4.78, 5) is 2.43. The van der Waals surface area contributed by atoms with Crippen molar-refractivity contribution in [2.45, 2.75) is 25.0 Å². The number of nitrogens with zero attached hydrogens (tertiary/aromatic N) is 1. The topological polar surface area (TPSA) is 41.3 Å². The highest BCUT2D eigenvalue weighted by Crippen LogP contribution is 2.32. The van der Waals surface area contributed by atoms with Gasteiger partial charge in [0.15, 0.2) is 0 Å². The third kappa shape index (κ3) is 3.22. The Labute approximate surface area is 133 Å². The molecule has 116 valence electrons. The average Bonchev–Trinajstić information content (AvgIpc) is 2.57. The number of hydrogen-bond donors (Lipinski definition) is 2. The number of benzene rings is 2. The normalized spacial score (nSPS) is 21.0. The van der Waals surface area contributed by atoms with Gasteiger partial charge in [-0.2, -0.15) is 0 Å². The third-order valence-electron chi connectivity index (χ3n) is 4.55. The van der Waals surface area contributed by atoms with Crippen LogP contribution >= 0.6 is 0 Å². The number of rotatable bonds is 4. The van der Waals surface area contributed by atoms with Crippen LogP contribution in [0.3, 0.4) is 0 Å². The predicted octanol–water partition coefficient (Wildman–Crippen LogP) is 2.40. The van der Waals surface area contributed by atoms with E-state index in [9.17, 15) is 0 Å². The Kier molecular flexibility index (Phi) is 4.88. The van der Waals surface area contributed by atoms with E-state index in [2.05, 4.69) is 77.8 Å². The molecule has 3 nitrogen and oxygen atoms in total. The molecular formula is C19H25N3. The standard InChI is InChI=1S/C19H25N3/c1-15(20)22-13-12-21-14-18(22)19(16-8-4-2-5-9-16)17-10-6-3-7-11-17/h2-11,15,18-19,21H,12-14,20H2,1H3. The van der Waals surface area contributed by atoms with Crippen LogP contribution in [-0.2, 0) is 0 Å². The van der Waals surface area contributed by atoms with E-state index in [1.807, 2.05) is 0 Å². The van der Waals surface area contributed by atoms with Crippen LogP contribution in [0.5, 0.6) is 0 Å². The van der Waals surface area contributed by atoms with Gasteiger partial charge in [-0.1, -0.05) is 60.7 Å². The molecule has 1 aliphatic heterocycles. The summed E-state index contributed by atoms with van der Waals surface area (Å²) in [6.07, 6.45) is 0.0713. The van der Waals surface area contributed by atoms with Crippen molar-refractivity contribution in [3.63, 3.8) is 0 Å². The highest BCUT2D eigenvalue weighted by Gasteiger charge is 2.33. The van der Waals surface area contributed by atoms with Crippen LogP contribution in [0.1, 0.15) is 24.0 Å². The molecule has 1 fully saturated rings. The van der Waals surface area contributed by atoms with Crippen LogP contribution in [0.25, 0.3) is 0 Å². The minimum Gasteiger partial charge on any atom is -0.316 e. The van der Waals surface area contributed by atoms with Crippen LogP contribution in [-0.4, -0.2) is 36.7 Å². The highest BCUT2D eigenvalue weighted by atomic mass is 15.3. The maximum absolute atomic E-state index is 6.25. The van der Waals surface area contributed by atoms with Gasteiger partial charge in [-0.3, -0.25) is 4.90 Å². The Hall–Kier alpha value is -1.68. The molecule has 3 rings (SSSR count). The van der Waals surface area contributed by atoms with Gasteiger partial charge in [0.2, 0.25) is 0 Å². The summed E-state index contributed by atoms with van der Waals surface area (Å²) in [6.45, 7) is 5.06. The number of nitrogens with one attached hydrogen (secondary N) is 1. The molecule has 0 amide bonds. The maximum Gasteiger partial charge on any atom is 0.0546 e. The molecule has 22 heavy (non-hydrogen) atoms. The second-order valence-electron chi connectivity index (χ2n) is 6.05. The molecule has 0 aliphatic carbocycles. The van der Waals surface area contributed by atoms with Gasteiger partial charge in [0.25, 0.3) is 0 Å². The fourth-order valence-electron chi connectivity index (χ4n) is 3.51. The molecule has 3 heteroatoms. The zero-order chi connectivity index (χ0) is 15.4. The third-order valence-corrected chi connectivity index (χ3v) is 4.55. The van der Waals surface area contributed by atoms with Gasteiger partial charge >= 0.3 is 0 Å². The van der Waals surface area contributed by atoms with Crippen LogP contribution in [0, 0.1) is 0 Å². The first kappa shape index (κ1) is 15.2. The molecule has 1 saturated heterocycles. The summed E-state index contributed by atoms with van der Waals surface area (Å²) < 4.78 is 0. The van der Waals surface area contributed by atoms with E-state index >= 15 is 0 Å². The van der Waals surface area contributed by atoms with Gasteiger partial charge in [-0.25, -0.2) is 0 Å². The predicted molar refractivity (Wildman–Crippen MR) is 91.7 cm³/mol. The van der Waals surface area contributed by atoms with Crippen LogP contribution in [0.15, 0.2) is 60.7 Å². The number of piperazine rings is 1. The Morgan fingerprint density at radius 3 is 2.05 bits per heavy atom. The SMILES string of the molecule is CC(N)N1CCNCC1C(c1ccccc1)c1ccccc1. The lowest BCUT2D eigenvalue weighted by atomic mass is 9.83. The largest absolute Gasteiger partial charge is 0.316 e. The van der Waals surface area contributed by atoms with Crippen molar-refractivity contribution in [3.8, 4) is 0 Å². The first-order chi connectivity index (χ1) is 10.8. The molecule has 0 aromatic heterocycles. The highest BCUT2D eigenvalue weighted by molar-refractivity contribution is 5.34. The Bertz CT molecular complexity index is 528. The van der Waals surface area contributed by atoms with Crippen molar-refractivity contribution in [2.75, 3.05) is 19.6 Å². The fraction of sp³-hybridized carbons (Fsp3) is 0.368. The maximum atomic E-state index is 6.25. The van der Waals surface area contributed by atoms with Crippen molar-refractivity contribution in [3.05, 3.63) is 71.8 Å². The minimum absolute atomic E-state index is 0.0713. The summed E-state index contributed by atoms with van der Waals surface area (Å²) >= 11 is 0. The van der Waals surface area contributed by atoms with Crippen molar-refractivity contribution < 1.29 is 0 Å². The van der Waals surface area contributed by atoms with E-state index in [4.69, 9.17) is 5.73 Å². The van der Waals surface area contributed by atoms with E-state index in [0.717, 1.165) is 19.6 Å². The molecule has 1 aliphatic rings. The van der Waals surface area contributed by atoms with Gasteiger partial charge < -0.3 is 11.1 Å². The Balaban J connectivity index is 2.01. The minimum atomic E-state index is 0.0713. The van der Waals surface area contributed by atoms with Gasteiger partial charge in [0, 0.05) is 31.6 Å². The van der Waals surface area contributed by atoms with Crippen LogP contribution < -0.4 is 11.1 Å². The lowest BCUT2D eigenvalue weighted by Gasteiger charge is -2.43. The molecule has 0 spiro atoms. The lowest BCUT2D eigenvalue weighted by molar-refractivity contribution is 0.106. The molecule has 0 bridgehead atoms. The Morgan fingerprint density at radius 1 is 1.00 bits per heavy atom. The smallest absolute Gasteiger partial charge is 0.0546 e. The van der Waals surface area contributed by atoms with E-state index < -0.39 is 0 Å². The molecule has 1 heterocycles. The molecule has 0 radical (unpaired) electrons. The molecule has 2 aromatic rings. The van der Waals surface area contributed by atoms with Crippen LogP contribution in [0.4, 0.5) is 0 Å². The summed E-state index contributed by atoms with van der Waals surface area (Å²) in [5.41, 5.74) is 8.96. The van der Waals surface area contributed by atoms with Crippen molar-refractivity contribution in [1.82, 2.24) is 10.2 Å². The van der Waals surface area contributed by atoms with Crippen molar-refractivity contribution in [2.24, 2.45) is 5.73 Å². The van der Waals surface area contributed by atoms with Crippen LogP contribution in [0.2, 0.25) is 0 Å². The summed E-state index contributed by atoms with van der Waals surface area (Å²) in [5.74, 6) is 0.334. The quantitative estimate of drug-likeness (QED) is 0.910. The Morgan fingerprint density at radius 2 is 1.55 bits per heavy atom. The first-order valence-electron chi connectivity index (χ1n) is 8.09. The summed E-state index contributed by atoms with van der Waals surface area (Å²) in [6, 6.07) is 21.9. The summed E-state index contributed by atoms with van der Waals surface area (Å²) in [5, 5.41) is 3.54. The molecule has 3 N–H and O–H groups in total. The van der Waals surface area contributed by atoms with E-state index in [1.54, 1.807) is 0 Å². The van der Waals surface area contributed by atoms with Crippen molar-refractivity contribution >= 4 is 0 Å². The lowest BCUT2D eigenvalue weighted by Crippen LogP contribution is -2.59. The van der Waals surface area contributed by atoms with E-state index in [-0.39, 0.29) is 6.17 Å². The van der Waals surface area contributed by atoms with Gasteiger partial charge in [-0.15, -0.1) is 0 Å². The molecular weight excluding hydrogens is 270 g/mol. The monoisotopic (exact) mass is 295 g/mol. The number of hydrogen-bond acceptors (Lipinski definition) is 3. The summed E-state index contributed by atoms with van der Waals surface area (Å²) in [7, 11) is 0. The van der Waals surface area contributed by atoms with Gasteiger partial charge in [-0.05, 0) is 18.1 Å². The molecule has 2 unspecified atom stereocenters. The molecule has 2 atom stereocenters. The first-order valence-corrected chi connectivity index (χ1v) is 8.09. The van der Waals surface area contributed by atoms with E-state index in [1.165, 1.54) is 11.1 Å². The van der Waals surface area contributed by atoms with Gasteiger partial charge in [0.1, 0.15) is 0 Å². The molecule has 0 saturated carbocycles. The zero-order valence-electron chi connectivity index (χ0n) is 13.2. The van der Waals surface area contributed by atoms with Gasteiger partial charge in [0.05, 0.1) is 6.17 Å². The second kappa shape index (κ2) is 7.05. The molecule has 2 aromatic carbocycles.